The number of halogens is 1. The highest BCUT2D eigenvalue weighted by Gasteiger charge is 2.36. The van der Waals surface area contributed by atoms with Gasteiger partial charge in [-0.1, -0.05) is 24.3 Å². The van der Waals surface area contributed by atoms with Crippen LogP contribution in [0.5, 0.6) is 11.5 Å². The Labute approximate surface area is 165 Å². The Hall–Kier alpha value is -2.71. The van der Waals surface area contributed by atoms with Gasteiger partial charge in [0.05, 0.1) is 11.1 Å². The molecule has 2 aliphatic rings. The molecule has 0 saturated carbocycles. The van der Waals surface area contributed by atoms with Crippen LogP contribution in [0.15, 0.2) is 30.3 Å². The van der Waals surface area contributed by atoms with Crippen LogP contribution in [0.3, 0.4) is 0 Å². The van der Waals surface area contributed by atoms with Gasteiger partial charge >= 0.3 is 0 Å². The normalized spacial score (nSPS) is 15.6. The molecule has 0 radical (unpaired) electrons. The van der Waals surface area contributed by atoms with Gasteiger partial charge in [-0.15, -0.1) is 17.0 Å². The van der Waals surface area contributed by atoms with Crippen molar-refractivity contribution in [2.45, 2.75) is 0 Å². The van der Waals surface area contributed by atoms with E-state index < -0.39 is 29.0 Å². The van der Waals surface area contributed by atoms with Gasteiger partial charge in [0.15, 0.2) is 23.1 Å². The number of ketones is 2. The molecule has 8 heteroatoms. The molecule has 1 heterocycles. The summed E-state index contributed by atoms with van der Waals surface area (Å²) in [7, 11) is 0. The fraction of sp³-hybridized carbons (Fsp3) is 0.211. The van der Waals surface area contributed by atoms with Crippen LogP contribution in [0.2, 0.25) is 0 Å². The lowest BCUT2D eigenvalue weighted by atomic mass is 9.82. The minimum Gasteiger partial charge on any atom is -0.504 e. The van der Waals surface area contributed by atoms with Crippen LogP contribution in [0, 0.1) is 0 Å². The number of phenolic OH excluding ortho intramolecular Hbond substituents is 2. The molecular formula is C19H17BrN2O5. The molecule has 2 aromatic rings. The van der Waals surface area contributed by atoms with Gasteiger partial charge in [-0.3, -0.25) is 14.4 Å². The highest BCUT2D eigenvalue weighted by molar-refractivity contribution is 8.93. The van der Waals surface area contributed by atoms with Crippen molar-refractivity contribution in [3.8, 4) is 11.5 Å². The summed E-state index contributed by atoms with van der Waals surface area (Å²) in [4.78, 5) is 39.7. The van der Waals surface area contributed by atoms with E-state index in [9.17, 15) is 24.6 Å². The number of carbonyl (C=O) groups is 3. The second kappa shape index (κ2) is 7.13. The smallest absolute Gasteiger partial charge is 0.257 e. The average Bonchev–Trinajstić information content (AvgIpc) is 2.68. The molecule has 0 spiro atoms. The molecule has 3 N–H and O–H groups in total. The van der Waals surface area contributed by atoms with Gasteiger partial charge in [0.1, 0.15) is 0 Å². The Bertz CT molecular complexity index is 967. The van der Waals surface area contributed by atoms with Crippen molar-refractivity contribution in [2.24, 2.45) is 0 Å². The van der Waals surface area contributed by atoms with Crippen molar-refractivity contribution in [3.05, 3.63) is 58.1 Å². The highest BCUT2D eigenvalue weighted by atomic mass is 79.9. The number of amides is 1. The van der Waals surface area contributed by atoms with E-state index in [1.54, 1.807) is 12.1 Å². The van der Waals surface area contributed by atoms with E-state index in [-0.39, 0.29) is 44.8 Å². The number of aromatic hydroxyl groups is 2. The lowest BCUT2D eigenvalue weighted by Gasteiger charge is -2.28. The zero-order valence-corrected chi connectivity index (χ0v) is 15.9. The van der Waals surface area contributed by atoms with Crippen molar-refractivity contribution >= 4 is 34.5 Å². The third-order valence-corrected chi connectivity index (χ3v) is 4.80. The number of phenols is 2. The maximum absolute atomic E-state index is 12.8. The van der Waals surface area contributed by atoms with Gasteiger partial charge < -0.3 is 20.4 Å². The first-order valence-corrected chi connectivity index (χ1v) is 8.28. The highest BCUT2D eigenvalue weighted by Crippen LogP contribution is 2.40. The van der Waals surface area contributed by atoms with Crippen LogP contribution < -0.4 is 5.32 Å². The summed E-state index contributed by atoms with van der Waals surface area (Å²) in [6, 6.07) is 7.50. The predicted octanol–water partition coefficient (Wildman–Crippen LogP) is 1.50. The molecular weight excluding hydrogens is 416 g/mol. The first-order chi connectivity index (χ1) is 12.5. The van der Waals surface area contributed by atoms with Crippen LogP contribution in [0.25, 0.3) is 0 Å². The van der Waals surface area contributed by atoms with Gasteiger partial charge in [0.2, 0.25) is 0 Å². The van der Waals surface area contributed by atoms with Crippen LogP contribution in [-0.4, -0.2) is 58.8 Å². The van der Waals surface area contributed by atoms with E-state index >= 15 is 0 Å². The zero-order valence-electron chi connectivity index (χ0n) is 14.2. The Balaban J connectivity index is 0.00000210. The lowest BCUT2D eigenvalue weighted by molar-refractivity contribution is 0.0731. The minimum atomic E-state index is -0.728. The molecule has 1 saturated heterocycles. The van der Waals surface area contributed by atoms with Crippen LogP contribution in [0.4, 0.5) is 0 Å². The largest absolute Gasteiger partial charge is 0.504 e. The van der Waals surface area contributed by atoms with E-state index in [1.165, 1.54) is 23.1 Å². The number of carbonyl (C=O) groups excluding carboxylic acids is 3. The number of hydrogen-bond donors (Lipinski definition) is 3. The molecule has 140 valence electrons. The Morgan fingerprint density at radius 2 is 1.52 bits per heavy atom. The fourth-order valence-corrected chi connectivity index (χ4v) is 3.43. The van der Waals surface area contributed by atoms with Crippen LogP contribution >= 0.6 is 17.0 Å². The predicted molar refractivity (Wildman–Crippen MR) is 102 cm³/mol. The summed E-state index contributed by atoms with van der Waals surface area (Å²) >= 11 is 0. The molecule has 1 amide bonds. The second-order valence-electron chi connectivity index (χ2n) is 6.29. The summed E-state index contributed by atoms with van der Waals surface area (Å²) in [5.74, 6) is -2.90. The van der Waals surface area contributed by atoms with Gasteiger partial charge in [0.25, 0.3) is 5.91 Å². The molecule has 1 aliphatic heterocycles. The summed E-state index contributed by atoms with van der Waals surface area (Å²) in [5, 5.41) is 23.8. The Morgan fingerprint density at radius 3 is 2.15 bits per heavy atom. The average molecular weight is 433 g/mol. The molecule has 0 bridgehead atoms. The quantitative estimate of drug-likeness (QED) is 0.503. The minimum absolute atomic E-state index is 0. The first kappa shape index (κ1) is 19.1. The molecule has 4 rings (SSSR count). The van der Waals surface area contributed by atoms with Crippen molar-refractivity contribution in [3.63, 3.8) is 0 Å². The van der Waals surface area contributed by atoms with E-state index in [0.717, 1.165) is 0 Å². The van der Waals surface area contributed by atoms with Crippen LogP contribution in [-0.2, 0) is 0 Å². The first-order valence-electron chi connectivity index (χ1n) is 8.28. The lowest BCUT2D eigenvalue weighted by Crippen LogP contribution is -2.46. The second-order valence-corrected chi connectivity index (χ2v) is 6.29. The topological polar surface area (TPSA) is 107 Å². The third-order valence-electron chi connectivity index (χ3n) is 4.80. The van der Waals surface area contributed by atoms with E-state index in [4.69, 9.17) is 0 Å². The molecule has 2 aromatic carbocycles. The molecule has 0 atom stereocenters. The van der Waals surface area contributed by atoms with E-state index in [2.05, 4.69) is 5.32 Å². The van der Waals surface area contributed by atoms with E-state index in [0.29, 0.717) is 26.2 Å². The number of rotatable bonds is 1. The summed E-state index contributed by atoms with van der Waals surface area (Å²) < 4.78 is 0. The number of nitrogens with one attached hydrogen (secondary N) is 1. The summed E-state index contributed by atoms with van der Waals surface area (Å²) in [5.41, 5.74) is -0.120. The number of nitrogens with zero attached hydrogens (tertiary/aromatic N) is 1. The molecule has 1 aliphatic carbocycles. The number of hydrogen-bond acceptors (Lipinski definition) is 6. The monoisotopic (exact) mass is 432 g/mol. The third kappa shape index (κ3) is 2.90. The maximum Gasteiger partial charge on any atom is 0.257 e. The van der Waals surface area contributed by atoms with Gasteiger partial charge in [-0.25, -0.2) is 0 Å². The SMILES string of the molecule is Br.O=C1c2ccccc2C(=O)c2c1cc(C(=O)N1CCNCC1)c(O)c2O. The maximum atomic E-state index is 12.8. The van der Waals surface area contributed by atoms with Crippen LogP contribution in [0.1, 0.15) is 42.2 Å². The molecule has 1 fully saturated rings. The van der Waals surface area contributed by atoms with E-state index in [1.807, 2.05) is 0 Å². The van der Waals surface area contributed by atoms with Crippen molar-refractivity contribution < 1.29 is 24.6 Å². The van der Waals surface area contributed by atoms with Crippen molar-refractivity contribution in [2.75, 3.05) is 26.2 Å². The number of piperazine rings is 1. The molecule has 0 aromatic heterocycles. The summed E-state index contributed by atoms with van der Waals surface area (Å²) in [6.07, 6.45) is 0. The fourth-order valence-electron chi connectivity index (χ4n) is 3.43. The molecule has 27 heavy (non-hydrogen) atoms. The van der Waals surface area contributed by atoms with Crippen molar-refractivity contribution in [1.82, 2.24) is 10.2 Å². The number of benzene rings is 2. The number of fused-ring (bicyclic) bond motifs is 2. The molecule has 7 nitrogen and oxygen atoms in total. The van der Waals surface area contributed by atoms with Gasteiger partial charge in [-0.05, 0) is 6.07 Å². The Kier molecular flexibility index (Phi) is 5.03. The summed E-state index contributed by atoms with van der Waals surface area (Å²) in [6.45, 7) is 2.14. The Morgan fingerprint density at radius 1 is 0.926 bits per heavy atom. The molecule has 0 unspecified atom stereocenters. The zero-order chi connectivity index (χ0) is 18.4. The van der Waals surface area contributed by atoms with Gasteiger partial charge in [-0.2, -0.15) is 0 Å². The van der Waals surface area contributed by atoms with Gasteiger partial charge in [0, 0.05) is 42.9 Å². The van der Waals surface area contributed by atoms with Crippen molar-refractivity contribution in [1.29, 1.82) is 0 Å². The standard InChI is InChI=1S/C19H16N2O5.BrH/c22-15-10-3-1-2-4-11(10)16(23)14-12(15)9-13(17(24)18(14)25)19(26)21-7-5-20-6-8-21;/h1-4,9,20,24-25H,5-8H2;1H.